The molecule has 0 atom stereocenters. The van der Waals surface area contributed by atoms with Crippen LogP contribution >= 0.6 is 27.5 Å². The second kappa shape index (κ2) is 7.11. The van der Waals surface area contributed by atoms with Gasteiger partial charge in [-0.15, -0.1) is 0 Å². The maximum Gasteiger partial charge on any atom is 0.126 e. The highest BCUT2D eigenvalue weighted by Crippen LogP contribution is 2.29. The Kier molecular flexibility index (Phi) is 5.46. The molecule has 20 heavy (non-hydrogen) atoms. The van der Waals surface area contributed by atoms with E-state index in [0.29, 0.717) is 13.2 Å². The lowest BCUT2D eigenvalue weighted by Crippen LogP contribution is -2.06. The number of benzene rings is 2. The minimum Gasteiger partial charge on any atom is -0.488 e. The van der Waals surface area contributed by atoms with Crippen molar-refractivity contribution in [3.05, 3.63) is 62.6 Å². The Hall–Kier alpha value is -1.03. The Bertz CT molecular complexity index is 584. The van der Waals surface area contributed by atoms with Crippen molar-refractivity contribution in [3.63, 3.8) is 0 Å². The van der Waals surface area contributed by atoms with Crippen LogP contribution in [0.15, 0.2) is 40.9 Å². The van der Waals surface area contributed by atoms with Crippen molar-refractivity contribution in [2.24, 2.45) is 5.73 Å². The van der Waals surface area contributed by atoms with Crippen LogP contribution in [0.1, 0.15) is 16.7 Å². The third kappa shape index (κ3) is 3.98. The van der Waals surface area contributed by atoms with Gasteiger partial charge in [-0.3, -0.25) is 0 Å². The lowest BCUT2D eigenvalue weighted by atomic mass is 10.1. The van der Waals surface area contributed by atoms with Crippen LogP contribution in [-0.2, 0) is 13.0 Å². The van der Waals surface area contributed by atoms with Crippen LogP contribution in [0.2, 0.25) is 5.02 Å². The fourth-order valence-corrected chi connectivity index (χ4v) is 2.83. The highest BCUT2D eigenvalue weighted by molar-refractivity contribution is 9.10. The largest absolute Gasteiger partial charge is 0.488 e. The maximum absolute atomic E-state index is 5.98. The first-order valence-corrected chi connectivity index (χ1v) is 7.63. The predicted molar refractivity (Wildman–Crippen MR) is 87.4 cm³/mol. The zero-order valence-corrected chi connectivity index (χ0v) is 13.7. The number of hydrogen-bond acceptors (Lipinski definition) is 2. The molecule has 2 rings (SSSR count). The third-order valence-electron chi connectivity index (χ3n) is 3.03. The standard InChI is InChI=1S/C16H17BrClNO/c1-11-8-14(17)9-13(6-7-19)16(11)20-10-12-2-4-15(18)5-3-12/h2-5,8-9H,6-7,10,19H2,1H3. The van der Waals surface area contributed by atoms with Crippen LogP contribution in [0, 0.1) is 6.92 Å². The number of ether oxygens (including phenoxy) is 1. The average molecular weight is 355 g/mol. The molecule has 0 saturated carbocycles. The normalized spacial score (nSPS) is 10.6. The summed E-state index contributed by atoms with van der Waals surface area (Å²) in [5.41, 5.74) is 9.00. The van der Waals surface area contributed by atoms with Gasteiger partial charge in [-0.2, -0.15) is 0 Å². The Morgan fingerprint density at radius 2 is 1.90 bits per heavy atom. The minimum absolute atomic E-state index is 0.525. The molecule has 0 unspecified atom stereocenters. The van der Waals surface area contributed by atoms with E-state index in [2.05, 4.69) is 28.1 Å². The Labute approximate surface area is 133 Å². The molecule has 106 valence electrons. The highest BCUT2D eigenvalue weighted by Gasteiger charge is 2.09. The summed E-state index contributed by atoms with van der Waals surface area (Å²) in [5.74, 6) is 0.925. The Morgan fingerprint density at radius 3 is 2.55 bits per heavy atom. The smallest absolute Gasteiger partial charge is 0.126 e. The van der Waals surface area contributed by atoms with Gasteiger partial charge in [0.1, 0.15) is 12.4 Å². The molecule has 0 heterocycles. The van der Waals surface area contributed by atoms with E-state index in [9.17, 15) is 0 Å². The van der Waals surface area contributed by atoms with Gasteiger partial charge < -0.3 is 10.5 Å². The molecule has 0 aliphatic carbocycles. The second-order valence-electron chi connectivity index (χ2n) is 4.66. The molecule has 0 amide bonds. The van der Waals surface area contributed by atoms with E-state index >= 15 is 0 Å². The van der Waals surface area contributed by atoms with Crippen LogP contribution in [0.25, 0.3) is 0 Å². The van der Waals surface area contributed by atoms with Crippen LogP contribution < -0.4 is 10.5 Å². The molecule has 0 radical (unpaired) electrons. The van der Waals surface area contributed by atoms with E-state index in [1.54, 1.807) is 0 Å². The molecular weight excluding hydrogens is 338 g/mol. The van der Waals surface area contributed by atoms with Crippen molar-refractivity contribution in [1.29, 1.82) is 0 Å². The molecule has 2 nitrogen and oxygen atoms in total. The number of rotatable bonds is 5. The first kappa shape index (κ1) is 15.4. The quantitative estimate of drug-likeness (QED) is 0.858. The molecule has 0 saturated heterocycles. The van der Waals surface area contributed by atoms with Gasteiger partial charge in [-0.05, 0) is 60.8 Å². The van der Waals surface area contributed by atoms with Gasteiger partial charge in [-0.1, -0.05) is 39.7 Å². The van der Waals surface area contributed by atoms with E-state index in [4.69, 9.17) is 22.1 Å². The molecule has 0 aliphatic heterocycles. The van der Waals surface area contributed by atoms with Gasteiger partial charge in [-0.25, -0.2) is 0 Å². The minimum atomic E-state index is 0.525. The molecule has 0 spiro atoms. The van der Waals surface area contributed by atoms with Gasteiger partial charge in [0.2, 0.25) is 0 Å². The number of halogens is 2. The fraction of sp³-hybridized carbons (Fsp3) is 0.250. The summed E-state index contributed by atoms with van der Waals surface area (Å²) in [5, 5.41) is 0.734. The summed E-state index contributed by atoms with van der Waals surface area (Å²) in [4.78, 5) is 0. The summed E-state index contributed by atoms with van der Waals surface area (Å²) in [7, 11) is 0. The number of nitrogens with two attached hydrogens (primary N) is 1. The zero-order valence-electron chi connectivity index (χ0n) is 11.3. The van der Waals surface area contributed by atoms with Gasteiger partial charge in [0, 0.05) is 9.50 Å². The van der Waals surface area contributed by atoms with Crippen LogP contribution in [0.4, 0.5) is 0 Å². The SMILES string of the molecule is Cc1cc(Br)cc(CCN)c1OCc1ccc(Cl)cc1. The Balaban J connectivity index is 2.17. The summed E-state index contributed by atoms with van der Waals surface area (Å²) in [6, 6.07) is 11.8. The highest BCUT2D eigenvalue weighted by atomic mass is 79.9. The number of hydrogen-bond donors (Lipinski definition) is 1. The van der Waals surface area contributed by atoms with Crippen molar-refractivity contribution in [1.82, 2.24) is 0 Å². The number of aryl methyl sites for hydroxylation is 1. The lowest BCUT2D eigenvalue weighted by molar-refractivity contribution is 0.301. The van der Waals surface area contributed by atoms with E-state index < -0.39 is 0 Å². The van der Waals surface area contributed by atoms with Crippen LogP contribution in [0.5, 0.6) is 5.75 Å². The third-order valence-corrected chi connectivity index (χ3v) is 3.74. The summed E-state index contributed by atoms with van der Waals surface area (Å²) >= 11 is 9.39. The zero-order chi connectivity index (χ0) is 14.5. The second-order valence-corrected chi connectivity index (χ2v) is 6.02. The fourth-order valence-electron chi connectivity index (χ4n) is 2.08. The van der Waals surface area contributed by atoms with Gasteiger partial charge in [0.15, 0.2) is 0 Å². The summed E-state index contributed by atoms with van der Waals surface area (Å²) in [6.45, 7) is 3.17. The van der Waals surface area contributed by atoms with Gasteiger partial charge >= 0.3 is 0 Å². The van der Waals surface area contributed by atoms with Crippen molar-refractivity contribution < 1.29 is 4.74 Å². The first-order chi connectivity index (χ1) is 9.60. The topological polar surface area (TPSA) is 35.2 Å². The van der Waals surface area contributed by atoms with Crippen molar-refractivity contribution in [2.75, 3.05) is 6.54 Å². The molecule has 2 aromatic rings. The van der Waals surface area contributed by atoms with E-state index in [0.717, 1.165) is 38.4 Å². The van der Waals surface area contributed by atoms with Crippen molar-refractivity contribution in [2.45, 2.75) is 20.0 Å². The predicted octanol–water partition coefficient (Wildman–Crippen LogP) is 4.49. The molecular formula is C16H17BrClNO. The average Bonchev–Trinajstić information content (AvgIpc) is 2.40. The molecule has 0 fully saturated rings. The van der Waals surface area contributed by atoms with Crippen LogP contribution in [-0.4, -0.2) is 6.54 Å². The molecule has 0 aromatic heterocycles. The first-order valence-electron chi connectivity index (χ1n) is 6.46. The molecule has 2 aromatic carbocycles. The maximum atomic E-state index is 5.98. The summed E-state index contributed by atoms with van der Waals surface area (Å²) < 4.78 is 7.03. The Morgan fingerprint density at radius 1 is 1.20 bits per heavy atom. The lowest BCUT2D eigenvalue weighted by Gasteiger charge is -2.15. The van der Waals surface area contributed by atoms with E-state index in [1.165, 1.54) is 0 Å². The molecule has 0 aliphatic rings. The van der Waals surface area contributed by atoms with E-state index in [-0.39, 0.29) is 0 Å². The van der Waals surface area contributed by atoms with Crippen molar-refractivity contribution in [3.8, 4) is 5.75 Å². The van der Waals surface area contributed by atoms with Gasteiger partial charge in [0.05, 0.1) is 0 Å². The molecule has 0 bridgehead atoms. The monoisotopic (exact) mass is 353 g/mol. The van der Waals surface area contributed by atoms with Crippen LogP contribution in [0.3, 0.4) is 0 Å². The molecule has 2 N–H and O–H groups in total. The summed E-state index contributed by atoms with van der Waals surface area (Å²) in [6.07, 6.45) is 0.802. The van der Waals surface area contributed by atoms with Crippen molar-refractivity contribution >= 4 is 27.5 Å². The molecule has 4 heteroatoms. The van der Waals surface area contributed by atoms with E-state index in [1.807, 2.05) is 31.2 Å². The van der Waals surface area contributed by atoms with Gasteiger partial charge in [0.25, 0.3) is 0 Å².